The van der Waals surface area contributed by atoms with E-state index in [2.05, 4.69) is 64.5 Å². The minimum absolute atomic E-state index is 0.101. The molecule has 1 atom stereocenters. The maximum Gasteiger partial charge on any atom is 0.192 e. The Labute approximate surface area is 125 Å². The van der Waals surface area contributed by atoms with E-state index in [4.69, 9.17) is 9.53 Å². The molecule has 0 aliphatic heterocycles. The van der Waals surface area contributed by atoms with Gasteiger partial charge in [0.25, 0.3) is 0 Å². The Morgan fingerprint density at radius 1 is 1.20 bits per heavy atom. The Kier molecular flexibility index (Phi) is 8.58. The lowest BCUT2D eigenvalue weighted by Crippen LogP contribution is -2.43. The van der Waals surface area contributed by atoms with Crippen molar-refractivity contribution in [3.05, 3.63) is 12.2 Å². The molecule has 0 rings (SSSR count). The van der Waals surface area contributed by atoms with Gasteiger partial charge in [0.15, 0.2) is 8.32 Å². The summed E-state index contributed by atoms with van der Waals surface area (Å²) in [6, 6.07) is 0. The van der Waals surface area contributed by atoms with Crippen LogP contribution in [0.5, 0.6) is 0 Å². The first kappa shape index (κ1) is 19.0. The Balaban J connectivity index is 4.49. The van der Waals surface area contributed by atoms with Crippen LogP contribution < -0.4 is 0 Å². The highest BCUT2D eigenvalue weighted by molar-refractivity contribution is 6.74. The fourth-order valence-electron chi connectivity index (χ4n) is 1.24. The van der Waals surface area contributed by atoms with E-state index in [0.717, 1.165) is 6.42 Å². The molecule has 2 nitrogen and oxygen atoms in total. The molecule has 0 aromatic heterocycles. The topological polar surface area (TPSA) is 29.5 Å². The van der Waals surface area contributed by atoms with Crippen LogP contribution in [0.2, 0.25) is 18.1 Å². The fraction of sp³-hybridized carbons (Fsp3) is 0.647. The number of allylic oxidation sites excluding steroid dienone is 1. The lowest BCUT2D eigenvalue weighted by Gasteiger charge is -2.38. The van der Waals surface area contributed by atoms with Crippen LogP contribution in [0.15, 0.2) is 12.2 Å². The highest BCUT2D eigenvalue weighted by Gasteiger charge is 2.38. The van der Waals surface area contributed by atoms with Crippen molar-refractivity contribution in [2.45, 2.75) is 64.8 Å². The minimum Gasteiger partial charge on any atom is -0.411 e. The van der Waals surface area contributed by atoms with Crippen molar-refractivity contribution in [2.24, 2.45) is 0 Å². The van der Waals surface area contributed by atoms with Gasteiger partial charge < -0.3 is 9.53 Å². The van der Waals surface area contributed by atoms with E-state index in [1.165, 1.54) is 0 Å². The highest BCUT2D eigenvalue weighted by Crippen LogP contribution is 2.37. The van der Waals surface area contributed by atoms with Crippen LogP contribution in [0, 0.1) is 23.7 Å². The second kappa shape index (κ2) is 9.03. The van der Waals surface area contributed by atoms with Crippen LogP contribution in [0.4, 0.5) is 0 Å². The Morgan fingerprint density at radius 3 is 2.35 bits per heavy atom. The summed E-state index contributed by atoms with van der Waals surface area (Å²) in [6.45, 7) is 13.3. The molecule has 3 heteroatoms. The fourth-order valence-corrected chi connectivity index (χ4v) is 2.60. The zero-order valence-electron chi connectivity index (χ0n) is 13.7. The molecule has 0 saturated heterocycles. The van der Waals surface area contributed by atoms with Crippen LogP contribution in [-0.4, -0.2) is 26.1 Å². The summed E-state index contributed by atoms with van der Waals surface area (Å²) in [7, 11) is -1.72. The van der Waals surface area contributed by atoms with Crippen molar-refractivity contribution in [3.63, 3.8) is 0 Å². The SMILES string of the molecule is CC[C@H](/C=C/C#CCC#CCO)O[Si](C)(C)C(C)(C)C. The summed E-state index contributed by atoms with van der Waals surface area (Å²) in [5, 5.41) is 8.72. The van der Waals surface area contributed by atoms with Gasteiger partial charge in [0, 0.05) is 0 Å². The molecule has 0 radical (unpaired) electrons. The molecule has 0 aliphatic carbocycles. The Bertz CT molecular complexity index is 422. The summed E-state index contributed by atoms with van der Waals surface area (Å²) < 4.78 is 6.32. The van der Waals surface area contributed by atoms with Crippen molar-refractivity contribution in [3.8, 4) is 23.7 Å². The molecule has 0 bridgehead atoms. The molecule has 0 aromatic rings. The maximum atomic E-state index is 8.50. The molecule has 0 heterocycles. The van der Waals surface area contributed by atoms with E-state index in [1.54, 1.807) is 0 Å². The number of hydrogen-bond donors (Lipinski definition) is 1. The standard InChI is InChI=1S/C17H28O2Si/c1-7-16(19-20(5,6)17(2,3)4)14-12-10-8-9-11-13-15-18/h12,14,16,18H,7,9,15H2,1-6H3/b14-12+/t16-/m1/s1. The molecular formula is C17H28O2Si. The molecule has 112 valence electrons. The van der Waals surface area contributed by atoms with Crippen LogP contribution in [0.3, 0.4) is 0 Å². The molecule has 1 N–H and O–H groups in total. The van der Waals surface area contributed by atoms with Crippen LogP contribution in [0.25, 0.3) is 0 Å². The van der Waals surface area contributed by atoms with E-state index in [1.807, 2.05) is 12.2 Å². The van der Waals surface area contributed by atoms with E-state index >= 15 is 0 Å². The molecule has 20 heavy (non-hydrogen) atoms. The van der Waals surface area contributed by atoms with Gasteiger partial charge in [-0.25, -0.2) is 0 Å². The van der Waals surface area contributed by atoms with Crippen molar-refractivity contribution < 1.29 is 9.53 Å². The number of hydrogen-bond acceptors (Lipinski definition) is 2. The van der Waals surface area contributed by atoms with Gasteiger partial charge in [0.2, 0.25) is 0 Å². The quantitative estimate of drug-likeness (QED) is 0.632. The van der Waals surface area contributed by atoms with Gasteiger partial charge in [-0.1, -0.05) is 51.4 Å². The average Bonchev–Trinajstić information content (AvgIpc) is 2.34. The summed E-state index contributed by atoms with van der Waals surface area (Å²) in [5.74, 6) is 11.2. The third-order valence-corrected chi connectivity index (χ3v) is 8.04. The van der Waals surface area contributed by atoms with Gasteiger partial charge in [0.05, 0.1) is 12.5 Å². The molecule has 0 amide bonds. The summed E-state index contributed by atoms with van der Waals surface area (Å²) in [6.07, 6.45) is 5.46. The lowest BCUT2D eigenvalue weighted by molar-refractivity contribution is 0.221. The molecule has 0 fully saturated rings. The lowest BCUT2D eigenvalue weighted by atomic mass is 10.2. The van der Waals surface area contributed by atoms with E-state index in [9.17, 15) is 0 Å². The third-order valence-electron chi connectivity index (χ3n) is 3.53. The first-order valence-corrected chi connectivity index (χ1v) is 10.0. The predicted molar refractivity (Wildman–Crippen MR) is 88.8 cm³/mol. The second-order valence-electron chi connectivity index (χ2n) is 6.19. The van der Waals surface area contributed by atoms with Gasteiger partial charge in [-0.15, -0.1) is 0 Å². The average molecular weight is 292 g/mol. The number of rotatable bonds is 4. The van der Waals surface area contributed by atoms with Gasteiger partial charge in [-0.2, -0.15) is 0 Å². The Hall–Kier alpha value is -1.00. The Morgan fingerprint density at radius 2 is 1.85 bits per heavy atom. The molecule has 0 aromatic carbocycles. The number of aliphatic hydroxyl groups excluding tert-OH is 1. The third kappa shape index (κ3) is 7.55. The van der Waals surface area contributed by atoms with E-state index < -0.39 is 8.32 Å². The first-order valence-electron chi connectivity index (χ1n) is 7.14. The van der Waals surface area contributed by atoms with Gasteiger partial charge >= 0.3 is 0 Å². The van der Waals surface area contributed by atoms with Crippen molar-refractivity contribution >= 4 is 8.32 Å². The van der Waals surface area contributed by atoms with Crippen LogP contribution in [-0.2, 0) is 4.43 Å². The maximum absolute atomic E-state index is 8.50. The van der Waals surface area contributed by atoms with Crippen molar-refractivity contribution in [1.29, 1.82) is 0 Å². The first-order chi connectivity index (χ1) is 9.24. The van der Waals surface area contributed by atoms with Gasteiger partial charge in [0.1, 0.15) is 6.61 Å². The smallest absolute Gasteiger partial charge is 0.192 e. The monoisotopic (exact) mass is 292 g/mol. The molecule has 0 unspecified atom stereocenters. The van der Waals surface area contributed by atoms with Crippen molar-refractivity contribution in [1.82, 2.24) is 0 Å². The molecular weight excluding hydrogens is 264 g/mol. The van der Waals surface area contributed by atoms with Gasteiger partial charge in [-0.05, 0) is 36.7 Å². The summed E-state index contributed by atoms with van der Waals surface area (Å²) in [5.41, 5.74) is 0. The minimum atomic E-state index is -1.72. The summed E-state index contributed by atoms with van der Waals surface area (Å²) >= 11 is 0. The molecule has 0 spiro atoms. The van der Waals surface area contributed by atoms with Gasteiger partial charge in [-0.3, -0.25) is 0 Å². The van der Waals surface area contributed by atoms with Crippen LogP contribution >= 0.6 is 0 Å². The largest absolute Gasteiger partial charge is 0.411 e. The second-order valence-corrected chi connectivity index (χ2v) is 10.9. The summed E-state index contributed by atoms with van der Waals surface area (Å²) in [4.78, 5) is 0. The van der Waals surface area contributed by atoms with E-state index in [-0.39, 0.29) is 17.7 Å². The zero-order chi connectivity index (χ0) is 15.6. The normalized spacial score (nSPS) is 13.3. The van der Waals surface area contributed by atoms with Crippen molar-refractivity contribution in [2.75, 3.05) is 6.61 Å². The molecule has 0 saturated carbocycles. The predicted octanol–water partition coefficient (Wildman–Crippen LogP) is 3.73. The van der Waals surface area contributed by atoms with Crippen LogP contribution in [0.1, 0.15) is 40.5 Å². The van der Waals surface area contributed by atoms with E-state index in [0.29, 0.717) is 6.42 Å². The zero-order valence-corrected chi connectivity index (χ0v) is 14.7. The number of aliphatic hydroxyl groups is 1. The molecule has 0 aliphatic rings. The highest BCUT2D eigenvalue weighted by atomic mass is 28.4.